The molecule has 1 amide bonds. The zero-order valence-corrected chi connectivity index (χ0v) is 20.7. The van der Waals surface area contributed by atoms with E-state index in [1.165, 1.54) is 6.92 Å². The van der Waals surface area contributed by atoms with Gasteiger partial charge in [0.1, 0.15) is 5.69 Å². The molecule has 0 fully saturated rings. The van der Waals surface area contributed by atoms with Gasteiger partial charge in [0.25, 0.3) is 5.91 Å². The van der Waals surface area contributed by atoms with E-state index in [2.05, 4.69) is 5.32 Å². The molecule has 0 aliphatic rings. The number of nitrogens with zero attached hydrogens (tertiary/aromatic N) is 2. The highest BCUT2D eigenvalue weighted by Gasteiger charge is 2.26. The van der Waals surface area contributed by atoms with Crippen LogP contribution in [0.25, 0.3) is 28.3 Å². The molecule has 1 N–H and O–H groups in total. The van der Waals surface area contributed by atoms with Crippen molar-refractivity contribution in [3.63, 3.8) is 0 Å². The lowest BCUT2D eigenvalue weighted by Crippen LogP contribution is -2.11. The van der Waals surface area contributed by atoms with E-state index in [1.54, 1.807) is 47.3 Å². The van der Waals surface area contributed by atoms with Crippen molar-refractivity contribution in [2.75, 3.05) is 5.32 Å². The van der Waals surface area contributed by atoms with Gasteiger partial charge < -0.3 is 14.5 Å². The van der Waals surface area contributed by atoms with Crippen LogP contribution in [0.4, 0.5) is 5.69 Å². The van der Waals surface area contributed by atoms with Crippen molar-refractivity contribution >= 4 is 17.6 Å². The average molecular weight is 492 g/mol. The molecule has 0 saturated carbocycles. The minimum atomic E-state index is -0.469. The zero-order chi connectivity index (χ0) is 25.9. The summed E-state index contributed by atoms with van der Waals surface area (Å²) >= 11 is 0. The van der Waals surface area contributed by atoms with E-state index in [4.69, 9.17) is 14.3 Å². The van der Waals surface area contributed by atoms with Gasteiger partial charge in [0.2, 0.25) is 5.88 Å². The number of aromatic nitrogens is 2. The van der Waals surface area contributed by atoms with E-state index >= 15 is 0 Å². The predicted molar refractivity (Wildman–Crippen MR) is 142 cm³/mol. The van der Waals surface area contributed by atoms with E-state index in [0.717, 1.165) is 22.4 Å². The van der Waals surface area contributed by atoms with E-state index in [1.807, 2.05) is 62.4 Å². The molecule has 3 aromatic carbocycles. The molecule has 37 heavy (non-hydrogen) atoms. The molecule has 7 nitrogen and oxygen atoms in total. The molecule has 0 saturated heterocycles. The SMILES string of the molecule is CC(=O)Oc1c(-c2ccc(NC(=O)c3ccc(C)cc3)cc2)c(-c2ccco2)nn1-c1cccc(C)c1. The number of carbonyl (C=O) groups excluding carboxylic acids is 2. The molecule has 7 heteroatoms. The molecular formula is C30H25N3O4. The maximum Gasteiger partial charge on any atom is 0.309 e. The third-order valence-electron chi connectivity index (χ3n) is 5.83. The maximum absolute atomic E-state index is 12.7. The third kappa shape index (κ3) is 5.06. The zero-order valence-electron chi connectivity index (χ0n) is 20.7. The van der Waals surface area contributed by atoms with Gasteiger partial charge in [-0.1, -0.05) is 42.0 Å². The predicted octanol–water partition coefficient (Wildman–Crippen LogP) is 6.59. The summed E-state index contributed by atoms with van der Waals surface area (Å²) < 4.78 is 13.0. The number of aryl methyl sites for hydroxylation is 2. The summed E-state index contributed by atoms with van der Waals surface area (Å²) in [4.78, 5) is 24.8. The maximum atomic E-state index is 12.7. The van der Waals surface area contributed by atoms with Crippen LogP contribution in [0.5, 0.6) is 5.88 Å². The lowest BCUT2D eigenvalue weighted by Gasteiger charge is -2.11. The number of nitrogens with one attached hydrogen (secondary N) is 1. The number of carbonyl (C=O) groups is 2. The smallest absolute Gasteiger partial charge is 0.309 e. The fraction of sp³-hybridized carbons (Fsp3) is 0.100. The number of amides is 1. The Labute approximate surface area is 214 Å². The Kier molecular flexibility index (Phi) is 6.43. The molecule has 0 unspecified atom stereocenters. The first-order valence-corrected chi connectivity index (χ1v) is 11.8. The molecule has 0 radical (unpaired) electrons. The van der Waals surface area contributed by atoms with Crippen LogP contribution in [0, 0.1) is 13.8 Å². The van der Waals surface area contributed by atoms with Crippen LogP contribution in [0.3, 0.4) is 0 Å². The van der Waals surface area contributed by atoms with Gasteiger partial charge in [-0.25, -0.2) is 0 Å². The Bertz CT molecular complexity index is 1560. The van der Waals surface area contributed by atoms with Crippen molar-refractivity contribution in [2.24, 2.45) is 0 Å². The molecule has 0 spiro atoms. The molecule has 2 heterocycles. The summed E-state index contributed by atoms with van der Waals surface area (Å²) in [6.07, 6.45) is 1.57. The van der Waals surface area contributed by atoms with Crippen molar-refractivity contribution in [1.82, 2.24) is 9.78 Å². The van der Waals surface area contributed by atoms with Crippen LogP contribution in [-0.4, -0.2) is 21.7 Å². The summed E-state index contributed by atoms with van der Waals surface area (Å²) in [6.45, 7) is 5.31. The number of esters is 1. The molecule has 0 bridgehead atoms. The minimum Gasteiger partial charge on any atom is -0.463 e. The summed E-state index contributed by atoms with van der Waals surface area (Å²) in [7, 11) is 0. The van der Waals surface area contributed by atoms with Gasteiger partial charge in [-0.3, -0.25) is 9.59 Å². The molecule has 0 atom stereocenters. The van der Waals surface area contributed by atoms with Crippen LogP contribution in [-0.2, 0) is 4.79 Å². The standard InChI is InChI=1S/C30H25N3O4/c1-19-9-11-23(12-10-19)29(35)31-24-15-13-22(14-16-24)27-28(26-8-5-17-36-26)32-33(30(27)37-21(3)34)25-7-4-6-20(2)18-25/h4-18H,1-3H3,(H,31,35). The van der Waals surface area contributed by atoms with Gasteiger partial charge in [-0.05, 0) is 73.5 Å². The largest absolute Gasteiger partial charge is 0.463 e. The van der Waals surface area contributed by atoms with Crippen molar-refractivity contribution in [2.45, 2.75) is 20.8 Å². The fourth-order valence-electron chi connectivity index (χ4n) is 4.04. The van der Waals surface area contributed by atoms with Gasteiger partial charge in [-0.15, -0.1) is 0 Å². The summed E-state index contributed by atoms with van der Waals surface area (Å²) in [5.74, 6) is 0.146. The van der Waals surface area contributed by atoms with Crippen molar-refractivity contribution in [3.8, 4) is 34.1 Å². The number of hydrogen-bond donors (Lipinski definition) is 1. The fourth-order valence-corrected chi connectivity index (χ4v) is 4.04. The Morgan fingerprint density at radius 1 is 0.892 bits per heavy atom. The van der Waals surface area contributed by atoms with Crippen molar-refractivity contribution < 1.29 is 18.7 Å². The van der Waals surface area contributed by atoms with Crippen LogP contribution >= 0.6 is 0 Å². The van der Waals surface area contributed by atoms with Crippen LogP contribution < -0.4 is 10.1 Å². The number of benzene rings is 3. The number of rotatable bonds is 6. The highest BCUT2D eigenvalue weighted by molar-refractivity contribution is 6.04. The van der Waals surface area contributed by atoms with Crippen LogP contribution in [0.15, 0.2) is 95.6 Å². The second-order valence-corrected chi connectivity index (χ2v) is 8.75. The Morgan fingerprint density at radius 2 is 1.65 bits per heavy atom. The lowest BCUT2D eigenvalue weighted by atomic mass is 10.0. The second kappa shape index (κ2) is 9.99. The Hall–Kier alpha value is -4.91. The molecule has 0 aliphatic heterocycles. The average Bonchev–Trinajstić information content (AvgIpc) is 3.53. The number of furan rings is 1. The van der Waals surface area contributed by atoms with E-state index in [0.29, 0.717) is 28.3 Å². The van der Waals surface area contributed by atoms with Crippen LogP contribution in [0.1, 0.15) is 28.4 Å². The van der Waals surface area contributed by atoms with Crippen molar-refractivity contribution in [1.29, 1.82) is 0 Å². The summed E-state index contributed by atoms with van der Waals surface area (Å²) in [6, 6.07) is 26.0. The second-order valence-electron chi connectivity index (χ2n) is 8.75. The monoisotopic (exact) mass is 491 g/mol. The number of anilines is 1. The molecular weight excluding hydrogens is 466 g/mol. The first-order valence-electron chi connectivity index (χ1n) is 11.8. The molecule has 5 rings (SSSR count). The lowest BCUT2D eigenvalue weighted by molar-refractivity contribution is -0.132. The van der Waals surface area contributed by atoms with Gasteiger partial charge in [0, 0.05) is 18.2 Å². The van der Waals surface area contributed by atoms with E-state index in [-0.39, 0.29) is 11.8 Å². The molecule has 0 aliphatic carbocycles. The number of hydrogen-bond acceptors (Lipinski definition) is 5. The Morgan fingerprint density at radius 3 is 2.30 bits per heavy atom. The van der Waals surface area contributed by atoms with Crippen molar-refractivity contribution in [3.05, 3.63) is 108 Å². The highest BCUT2D eigenvalue weighted by Crippen LogP contribution is 2.41. The quantitative estimate of drug-likeness (QED) is 0.271. The normalized spacial score (nSPS) is 10.8. The van der Waals surface area contributed by atoms with Gasteiger partial charge in [-0.2, -0.15) is 9.78 Å². The van der Waals surface area contributed by atoms with Gasteiger partial charge in [0.15, 0.2) is 5.76 Å². The van der Waals surface area contributed by atoms with Gasteiger partial charge >= 0.3 is 5.97 Å². The first-order chi connectivity index (χ1) is 17.9. The topological polar surface area (TPSA) is 86.4 Å². The molecule has 5 aromatic rings. The number of ether oxygens (including phenoxy) is 1. The van der Waals surface area contributed by atoms with Gasteiger partial charge in [0.05, 0.1) is 17.5 Å². The van der Waals surface area contributed by atoms with E-state index in [9.17, 15) is 9.59 Å². The summed E-state index contributed by atoms with van der Waals surface area (Å²) in [5, 5.41) is 7.71. The summed E-state index contributed by atoms with van der Waals surface area (Å²) in [5.41, 5.74) is 5.95. The highest BCUT2D eigenvalue weighted by atomic mass is 16.5. The van der Waals surface area contributed by atoms with Crippen LogP contribution in [0.2, 0.25) is 0 Å². The Balaban J connectivity index is 1.57. The minimum absolute atomic E-state index is 0.197. The molecule has 184 valence electrons. The first kappa shape index (κ1) is 23.8. The molecule has 2 aromatic heterocycles. The van der Waals surface area contributed by atoms with E-state index < -0.39 is 5.97 Å². The third-order valence-corrected chi connectivity index (χ3v) is 5.83.